The Morgan fingerprint density at radius 3 is 2.50 bits per heavy atom. The third kappa shape index (κ3) is 5.15. The Bertz CT molecular complexity index is 1690. The maximum Gasteiger partial charge on any atom is 0.236 e. The van der Waals surface area contributed by atoms with Crippen LogP contribution in [-0.4, -0.2) is 34.1 Å². The van der Waals surface area contributed by atoms with Gasteiger partial charge in [-0.3, -0.25) is 9.03 Å². The molecule has 0 radical (unpaired) electrons. The van der Waals surface area contributed by atoms with Crippen molar-refractivity contribution in [3.05, 3.63) is 88.4 Å². The van der Waals surface area contributed by atoms with Crippen molar-refractivity contribution >= 4 is 65.5 Å². The van der Waals surface area contributed by atoms with Crippen molar-refractivity contribution in [1.29, 1.82) is 0 Å². The second kappa shape index (κ2) is 9.55. The van der Waals surface area contributed by atoms with E-state index in [4.69, 9.17) is 23.2 Å². The van der Waals surface area contributed by atoms with Crippen LogP contribution in [0.25, 0.3) is 22.2 Å². The summed E-state index contributed by atoms with van der Waals surface area (Å²) >= 11 is 12.8. The number of nitrogens with one attached hydrogen (secondary N) is 1. The maximum absolute atomic E-state index is 12.9. The lowest BCUT2D eigenvalue weighted by Crippen LogP contribution is -2.25. The molecule has 0 bridgehead atoms. The van der Waals surface area contributed by atoms with E-state index >= 15 is 0 Å². The van der Waals surface area contributed by atoms with Gasteiger partial charge in [-0.05, 0) is 54.4 Å². The summed E-state index contributed by atoms with van der Waals surface area (Å²) in [6.45, 7) is 0.378. The topological polar surface area (TPSA) is 96.4 Å². The number of sulfonamides is 2. The van der Waals surface area contributed by atoms with E-state index in [1.54, 1.807) is 24.3 Å². The first kappa shape index (κ1) is 24.8. The van der Waals surface area contributed by atoms with Crippen LogP contribution < -0.4 is 9.03 Å². The van der Waals surface area contributed by atoms with Crippen LogP contribution in [0, 0.1) is 0 Å². The van der Waals surface area contributed by atoms with Gasteiger partial charge in [-0.1, -0.05) is 53.5 Å². The van der Waals surface area contributed by atoms with Crippen molar-refractivity contribution in [1.82, 2.24) is 4.98 Å². The lowest BCUT2D eigenvalue weighted by molar-refractivity contribution is 0.598. The van der Waals surface area contributed by atoms with Crippen molar-refractivity contribution in [2.45, 2.75) is 12.2 Å². The third-order valence-corrected chi connectivity index (χ3v) is 9.67. The van der Waals surface area contributed by atoms with Crippen LogP contribution in [0.15, 0.2) is 72.8 Å². The van der Waals surface area contributed by atoms with Gasteiger partial charge in [0.25, 0.3) is 0 Å². The number of hydrogen-bond acceptors (Lipinski definition) is 5. The minimum absolute atomic E-state index is 0.0858. The fourth-order valence-electron chi connectivity index (χ4n) is 4.16. The standard InChI is InChI=1S/C25H21Cl2N3O4S2/c26-22-10-8-19(14-21(22)25-11-7-17-4-1-2-5-24(17)28-25)29-35(31,32)16-18-6-9-20(15-23(18)27)30-12-3-13-36(30,33)34/h1-2,4-11,14-15,29H,3,12-13,16H2. The predicted octanol–water partition coefficient (Wildman–Crippen LogP) is 5.69. The lowest BCUT2D eigenvalue weighted by atomic mass is 10.1. The zero-order chi connectivity index (χ0) is 25.5. The largest absolute Gasteiger partial charge is 0.283 e. The van der Waals surface area contributed by atoms with Gasteiger partial charge in [0.15, 0.2) is 0 Å². The number of hydrogen-bond donors (Lipinski definition) is 1. The molecule has 1 aliphatic heterocycles. The molecular formula is C25H21Cl2N3O4S2. The molecule has 2 heterocycles. The van der Waals surface area contributed by atoms with E-state index in [9.17, 15) is 16.8 Å². The summed E-state index contributed by atoms with van der Waals surface area (Å²) in [7, 11) is -7.20. The highest BCUT2D eigenvalue weighted by atomic mass is 35.5. The Balaban J connectivity index is 1.37. The molecule has 5 rings (SSSR count). The highest BCUT2D eigenvalue weighted by molar-refractivity contribution is 7.93. The van der Waals surface area contributed by atoms with E-state index in [2.05, 4.69) is 9.71 Å². The van der Waals surface area contributed by atoms with Crippen molar-refractivity contribution in [3.8, 4) is 11.3 Å². The van der Waals surface area contributed by atoms with E-state index in [0.717, 1.165) is 10.9 Å². The minimum atomic E-state index is -3.84. The molecule has 7 nitrogen and oxygen atoms in total. The number of aromatic nitrogens is 1. The van der Waals surface area contributed by atoms with Gasteiger partial charge in [0, 0.05) is 28.2 Å². The molecular weight excluding hydrogens is 541 g/mol. The normalized spacial score (nSPS) is 15.3. The lowest BCUT2D eigenvalue weighted by Gasteiger charge is -2.18. The maximum atomic E-state index is 12.9. The molecule has 1 fully saturated rings. The second-order valence-corrected chi connectivity index (χ2v) is 13.0. The van der Waals surface area contributed by atoms with Gasteiger partial charge in [-0.15, -0.1) is 0 Å². The number of fused-ring (bicyclic) bond motifs is 1. The first-order chi connectivity index (χ1) is 17.1. The van der Waals surface area contributed by atoms with Crippen LogP contribution in [0.1, 0.15) is 12.0 Å². The molecule has 1 saturated heterocycles. The highest BCUT2D eigenvalue weighted by Gasteiger charge is 2.29. The number of pyridine rings is 1. The van der Waals surface area contributed by atoms with E-state index in [1.807, 2.05) is 36.4 Å². The summed E-state index contributed by atoms with van der Waals surface area (Å²) in [6, 6.07) is 20.9. The molecule has 0 atom stereocenters. The Morgan fingerprint density at radius 1 is 0.944 bits per heavy atom. The van der Waals surface area contributed by atoms with Crippen LogP contribution in [0.5, 0.6) is 0 Å². The first-order valence-corrected chi connectivity index (χ1v) is 15.1. The van der Waals surface area contributed by atoms with Gasteiger partial charge < -0.3 is 0 Å². The van der Waals surface area contributed by atoms with E-state index in [-0.39, 0.29) is 16.5 Å². The number of benzene rings is 3. The van der Waals surface area contributed by atoms with Crippen molar-refractivity contribution in [2.24, 2.45) is 0 Å². The van der Waals surface area contributed by atoms with Gasteiger partial charge in [-0.25, -0.2) is 21.8 Å². The molecule has 0 saturated carbocycles. The number of halogens is 2. The van der Waals surface area contributed by atoms with Crippen LogP contribution in [0.2, 0.25) is 10.0 Å². The molecule has 4 aromatic rings. The number of para-hydroxylation sites is 1. The van der Waals surface area contributed by atoms with Gasteiger partial charge in [0.05, 0.1) is 33.4 Å². The fraction of sp³-hybridized carbons (Fsp3) is 0.160. The van der Waals surface area contributed by atoms with Crippen LogP contribution in [0.4, 0.5) is 11.4 Å². The molecule has 0 aliphatic carbocycles. The number of anilines is 2. The smallest absolute Gasteiger partial charge is 0.236 e. The van der Waals surface area contributed by atoms with Crippen LogP contribution in [0.3, 0.4) is 0 Å². The van der Waals surface area contributed by atoms with E-state index in [0.29, 0.717) is 46.2 Å². The van der Waals surface area contributed by atoms with Crippen molar-refractivity contribution in [2.75, 3.05) is 21.3 Å². The average molecular weight is 563 g/mol. The predicted molar refractivity (Wildman–Crippen MR) is 146 cm³/mol. The molecule has 11 heteroatoms. The SMILES string of the molecule is O=S(=O)(Cc1ccc(N2CCCS2(=O)=O)cc1Cl)Nc1ccc(Cl)c(-c2ccc3ccccc3n2)c1. The van der Waals surface area contributed by atoms with Crippen LogP contribution in [-0.2, 0) is 25.8 Å². The summed E-state index contributed by atoms with van der Waals surface area (Å²) in [5, 5.41) is 1.60. The summed E-state index contributed by atoms with van der Waals surface area (Å²) in [6.07, 6.45) is 0.539. The molecule has 1 N–H and O–H groups in total. The quantitative estimate of drug-likeness (QED) is 0.326. The highest BCUT2D eigenvalue weighted by Crippen LogP contribution is 2.32. The molecule has 186 valence electrons. The van der Waals surface area contributed by atoms with Gasteiger partial charge in [-0.2, -0.15) is 0 Å². The molecule has 0 amide bonds. The molecule has 36 heavy (non-hydrogen) atoms. The second-order valence-electron chi connectivity index (χ2n) is 8.46. The third-order valence-electron chi connectivity index (χ3n) is 5.88. The van der Waals surface area contributed by atoms with E-state index < -0.39 is 20.0 Å². The van der Waals surface area contributed by atoms with E-state index in [1.165, 1.54) is 16.4 Å². The van der Waals surface area contributed by atoms with Gasteiger partial charge >= 0.3 is 0 Å². The van der Waals surface area contributed by atoms with Crippen LogP contribution >= 0.6 is 23.2 Å². The van der Waals surface area contributed by atoms with Crippen molar-refractivity contribution < 1.29 is 16.8 Å². The molecule has 1 aliphatic rings. The summed E-state index contributed by atoms with van der Waals surface area (Å²) in [5.74, 6) is -0.298. The summed E-state index contributed by atoms with van der Waals surface area (Å²) in [4.78, 5) is 4.65. The number of rotatable bonds is 6. The molecule has 0 spiro atoms. The average Bonchev–Trinajstić information content (AvgIpc) is 3.20. The minimum Gasteiger partial charge on any atom is -0.283 e. The Morgan fingerprint density at radius 2 is 1.75 bits per heavy atom. The fourth-order valence-corrected chi connectivity index (χ4v) is 7.47. The zero-order valence-electron chi connectivity index (χ0n) is 18.9. The Labute approximate surface area is 219 Å². The zero-order valence-corrected chi connectivity index (χ0v) is 22.0. The monoisotopic (exact) mass is 561 g/mol. The Kier molecular flexibility index (Phi) is 6.59. The summed E-state index contributed by atoms with van der Waals surface area (Å²) in [5.41, 5.74) is 3.14. The number of nitrogens with zero attached hydrogens (tertiary/aromatic N) is 2. The Hall–Kier alpha value is -2.85. The van der Waals surface area contributed by atoms with Gasteiger partial charge in [0.2, 0.25) is 20.0 Å². The summed E-state index contributed by atoms with van der Waals surface area (Å²) < 4.78 is 54.1. The van der Waals surface area contributed by atoms with Gasteiger partial charge in [0.1, 0.15) is 0 Å². The van der Waals surface area contributed by atoms with Crippen molar-refractivity contribution in [3.63, 3.8) is 0 Å². The molecule has 3 aromatic carbocycles. The molecule has 0 unspecified atom stereocenters. The first-order valence-electron chi connectivity index (χ1n) is 11.1. The molecule has 1 aromatic heterocycles.